The molecule has 0 unspecified atom stereocenters. The lowest BCUT2D eigenvalue weighted by Crippen LogP contribution is -2.43. The first-order valence-corrected chi connectivity index (χ1v) is 11.9. The number of benzene rings is 1. The van der Waals surface area contributed by atoms with E-state index in [2.05, 4.69) is 0 Å². The first kappa shape index (κ1) is 21.7. The normalized spacial score (nSPS) is 18.9. The lowest BCUT2D eigenvalue weighted by molar-refractivity contribution is -0.152. The van der Waals surface area contributed by atoms with Crippen LogP contribution in [0.25, 0.3) is 0 Å². The molecule has 8 heteroatoms. The lowest BCUT2D eigenvalue weighted by atomic mass is 9.98. The molecule has 2 aromatic rings. The zero-order valence-corrected chi connectivity index (χ0v) is 18.4. The molecule has 0 aliphatic carbocycles. The summed E-state index contributed by atoms with van der Waals surface area (Å²) >= 11 is 1.16. The van der Waals surface area contributed by atoms with Gasteiger partial charge in [-0.25, -0.2) is 8.42 Å². The number of piperidine rings is 1. The molecule has 0 saturated carbocycles. The number of rotatable bonds is 6. The summed E-state index contributed by atoms with van der Waals surface area (Å²) in [4.78, 5) is 25.4. The van der Waals surface area contributed by atoms with Gasteiger partial charge in [0, 0.05) is 18.7 Å². The summed E-state index contributed by atoms with van der Waals surface area (Å²) in [5.41, 5.74) is 2.32. The molecule has 1 aliphatic heterocycles. The van der Waals surface area contributed by atoms with E-state index >= 15 is 0 Å². The van der Waals surface area contributed by atoms with E-state index in [4.69, 9.17) is 4.74 Å². The number of aryl methyl sites for hydroxylation is 2. The van der Waals surface area contributed by atoms with Gasteiger partial charge in [0.2, 0.25) is 5.78 Å². The average Bonchev–Trinajstić information content (AvgIpc) is 3.25. The Morgan fingerprint density at radius 1 is 1.24 bits per heavy atom. The van der Waals surface area contributed by atoms with Crippen LogP contribution in [0, 0.1) is 19.8 Å². The van der Waals surface area contributed by atoms with E-state index in [1.165, 1.54) is 4.31 Å². The van der Waals surface area contributed by atoms with Gasteiger partial charge in [-0.15, -0.1) is 11.3 Å². The van der Waals surface area contributed by atoms with Crippen molar-refractivity contribution >= 4 is 33.1 Å². The maximum Gasteiger partial charge on any atom is 0.310 e. The SMILES string of the molecule is Cc1ccc(C)c(C(=O)[C@H](C)OC(=O)[C@H]2CCCN(S(=O)(=O)c3cccs3)C2)c1. The molecule has 1 saturated heterocycles. The Hall–Kier alpha value is -2.03. The van der Waals surface area contributed by atoms with Crippen molar-refractivity contribution in [3.8, 4) is 0 Å². The number of ether oxygens (including phenoxy) is 1. The van der Waals surface area contributed by atoms with Crippen LogP contribution in [0.3, 0.4) is 0 Å². The molecule has 0 amide bonds. The number of thiophene rings is 1. The molecule has 1 fully saturated rings. The number of Topliss-reactive ketones (excluding diaryl/α,β-unsaturated/α-hetero) is 1. The van der Waals surface area contributed by atoms with Crippen LogP contribution >= 0.6 is 11.3 Å². The van der Waals surface area contributed by atoms with Gasteiger partial charge in [0.1, 0.15) is 4.21 Å². The average molecular weight is 436 g/mol. The number of carbonyl (C=O) groups is 2. The Kier molecular flexibility index (Phi) is 6.55. The molecule has 0 radical (unpaired) electrons. The molecule has 2 heterocycles. The number of hydrogen-bond donors (Lipinski definition) is 0. The maximum atomic E-state index is 12.7. The molecule has 6 nitrogen and oxygen atoms in total. The molecule has 156 valence electrons. The Balaban J connectivity index is 1.67. The minimum atomic E-state index is -3.61. The zero-order chi connectivity index (χ0) is 21.2. The molecule has 3 rings (SSSR count). The van der Waals surface area contributed by atoms with Crippen LogP contribution in [-0.4, -0.2) is 43.7 Å². The van der Waals surface area contributed by atoms with Crippen LogP contribution in [0.2, 0.25) is 0 Å². The van der Waals surface area contributed by atoms with Crippen LogP contribution in [0.1, 0.15) is 41.3 Å². The quantitative estimate of drug-likeness (QED) is 0.512. The van der Waals surface area contributed by atoms with Gasteiger partial charge in [-0.3, -0.25) is 9.59 Å². The number of nitrogens with zero attached hydrogens (tertiary/aromatic N) is 1. The summed E-state index contributed by atoms with van der Waals surface area (Å²) in [5, 5.41) is 1.71. The van der Waals surface area contributed by atoms with E-state index in [1.54, 1.807) is 30.5 Å². The fraction of sp³-hybridized carbons (Fsp3) is 0.429. The van der Waals surface area contributed by atoms with Crippen LogP contribution in [0.15, 0.2) is 39.9 Å². The smallest absolute Gasteiger partial charge is 0.310 e. The third-order valence-corrected chi connectivity index (χ3v) is 8.37. The van der Waals surface area contributed by atoms with E-state index in [0.29, 0.717) is 24.9 Å². The van der Waals surface area contributed by atoms with Crippen molar-refractivity contribution in [2.24, 2.45) is 5.92 Å². The van der Waals surface area contributed by atoms with Crippen LogP contribution in [0.5, 0.6) is 0 Å². The number of esters is 1. The van der Waals surface area contributed by atoms with Crippen LogP contribution < -0.4 is 0 Å². The molecule has 0 bridgehead atoms. The van der Waals surface area contributed by atoms with E-state index in [9.17, 15) is 18.0 Å². The van der Waals surface area contributed by atoms with Gasteiger partial charge in [-0.05, 0) is 56.7 Å². The summed E-state index contributed by atoms with van der Waals surface area (Å²) in [7, 11) is -3.61. The summed E-state index contributed by atoms with van der Waals surface area (Å²) in [5.74, 6) is -1.35. The highest BCUT2D eigenvalue weighted by molar-refractivity contribution is 7.91. The number of hydrogen-bond acceptors (Lipinski definition) is 6. The monoisotopic (exact) mass is 435 g/mol. The first-order valence-electron chi connectivity index (χ1n) is 9.55. The van der Waals surface area contributed by atoms with E-state index in [-0.39, 0.29) is 16.5 Å². The minimum Gasteiger partial charge on any atom is -0.454 e. The molecule has 0 N–H and O–H groups in total. The second kappa shape index (κ2) is 8.77. The zero-order valence-electron chi connectivity index (χ0n) is 16.8. The summed E-state index contributed by atoms with van der Waals surface area (Å²) in [6, 6.07) is 8.83. The van der Waals surface area contributed by atoms with E-state index in [0.717, 1.165) is 22.5 Å². The summed E-state index contributed by atoms with van der Waals surface area (Å²) < 4.78 is 32.5. The summed E-state index contributed by atoms with van der Waals surface area (Å²) in [6.45, 7) is 5.75. The lowest BCUT2D eigenvalue weighted by Gasteiger charge is -2.30. The standard InChI is InChI=1S/C21H25NO5S2/c1-14-8-9-15(2)18(12-14)20(23)16(3)27-21(24)17-6-4-10-22(13-17)29(25,26)19-7-5-11-28-19/h5,7-9,11-12,16-17H,4,6,10,13H2,1-3H3/t16-,17-/m0/s1. The van der Waals surface area contributed by atoms with Crippen molar-refractivity contribution in [1.29, 1.82) is 0 Å². The van der Waals surface area contributed by atoms with Crippen molar-refractivity contribution in [1.82, 2.24) is 4.31 Å². The molecule has 2 atom stereocenters. The largest absolute Gasteiger partial charge is 0.454 e. The van der Waals surface area contributed by atoms with Gasteiger partial charge in [-0.1, -0.05) is 23.8 Å². The molecular weight excluding hydrogens is 410 g/mol. The van der Waals surface area contributed by atoms with Crippen molar-refractivity contribution in [2.75, 3.05) is 13.1 Å². The maximum absolute atomic E-state index is 12.7. The highest BCUT2D eigenvalue weighted by Crippen LogP contribution is 2.27. The van der Waals surface area contributed by atoms with Crippen molar-refractivity contribution in [2.45, 2.75) is 43.9 Å². The van der Waals surface area contributed by atoms with Gasteiger partial charge >= 0.3 is 5.97 Å². The van der Waals surface area contributed by atoms with Gasteiger partial charge < -0.3 is 4.74 Å². The number of ketones is 1. The minimum absolute atomic E-state index is 0.0729. The highest BCUT2D eigenvalue weighted by Gasteiger charge is 2.35. The van der Waals surface area contributed by atoms with Gasteiger partial charge in [0.05, 0.1) is 5.92 Å². The molecule has 1 aromatic heterocycles. The second-order valence-corrected chi connectivity index (χ2v) is 10.5. The van der Waals surface area contributed by atoms with Crippen molar-refractivity contribution < 1.29 is 22.7 Å². The third kappa shape index (κ3) is 4.76. The van der Waals surface area contributed by atoms with E-state index in [1.807, 2.05) is 26.0 Å². The Morgan fingerprint density at radius 2 is 2.00 bits per heavy atom. The summed E-state index contributed by atoms with van der Waals surface area (Å²) in [6.07, 6.45) is 0.191. The Bertz CT molecular complexity index is 998. The molecule has 0 spiro atoms. The van der Waals surface area contributed by atoms with Gasteiger partial charge in [0.25, 0.3) is 10.0 Å². The topological polar surface area (TPSA) is 80.8 Å². The molecular formula is C21H25NO5S2. The molecule has 29 heavy (non-hydrogen) atoms. The molecule has 1 aliphatic rings. The van der Waals surface area contributed by atoms with Gasteiger partial charge in [0.15, 0.2) is 6.10 Å². The highest BCUT2D eigenvalue weighted by atomic mass is 32.2. The second-order valence-electron chi connectivity index (χ2n) is 7.40. The Labute approximate surface area is 175 Å². The first-order chi connectivity index (χ1) is 13.7. The predicted molar refractivity (Wildman–Crippen MR) is 112 cm³/mol. The fourth-order valence-electron chi connectivity index (χ4n) is 3.43. The fourth-order valence-corrected chi connectivity index (χ4v) is 6.10. The van der Waals surface area contributed by atoms with Crippen LogP contribution in [0.4, 0.5) is 0 Å². The molecule has 1 aromatic carbocycles. The third-order valence-electron chi connectivity index (χ3n) is 5.13. The Morgan fingerprint density at radius 3 is 2.69 bits per heavy atom. The predicted octanol–water partition coefficient (Wildman–Crippen LogP) is 3.58. The number of carbonyl (C=O) groups excluding carboxylic acids is 2. The van der Waals surface area contributed by atoms with Crippen LogP contribution in [-0.2, 0) is 19.6 Å². The number of sulfonamides is 1. The van der Waals surface area contributed by atoms with Crippen molar-refractivity contribution in [3.05, 3.63) is 52.4 Å². The van der Waals surface area contributed by atoms with Gasteiger partial charge in [-0.2, -0.15) is 4.31 Å². The van der Waals surface area contributed by atoms with E-state index < -0.39 is 28.0 Å². The van der Waals surface area contributed by atoms with Crippen molar-refractivity contribution in [3.63, 3.8) is 0 Å².